The average Bonchev–Trinajstić information content (AvgIpc) is 3.26. The van der Waals surface area contributed by atoms with E-state index in [0.717, 1.165) is 55.6 Å². The molecule has 5 rings (SSSR count). The summed E-state index contributed by atoms with van der Waals surface area (Å²) in [5.41, 5.74) is 2.72. The number of nitrogens with one attached hydrogen (secondary N) is 3. The van der Waals surface area contributed by atoms with Gasteiger partial charge >= 0.3 is 0 Å². The van der Waals surface area contributed by atoms with Crippen molar-refractivity contribution in [1.29, 1.82) is 0 Å². The highest BCUT2D eigenvalue weighted by Crippen LogP contribution is 2.48. The van der Waals surface area contributed by atoms with E-state index in [0.29, 0.717) is 38.2 Å². The minimum atomic E-state index is -0.486. The van der Waals surface area contributed by atoms with Crippen molar-refractivity contribution in [2.45, 2.75) is 50.2 Å². The van der Waals surface area contributed by atoms with Gasteiger partial charge in [0.2, 0.25) is 11.8 Å². The molecule has 4 bridgehead atoms. The smallest absolute Gasteiger partial charge is 0.234 e. The molecule has 0 aliphatic carbocycles. The molecule has 36 heavy (non-hydrogen) atoms. The molecule has 0 spiro atoms. The molecule has 0 aromatic heterocycles. The predicted octanol–water partition coefficient (Wildman–Crippen LogP) is 2.75. The molecule has 0 saturated heterocycles. The monoisotopic (exact) mass is 492 g/mol. The van der Waals surface area contributed by atoms with Gasteiger partial charge in [-0.05, 0) is 80.7 Å². The SMILES string of the molecule is O=C1C[C@@H]2NCCCNCCCCN(CCCN1)C(=O)[C@@H]1c3cc2ccc3O[C@H]1c1ccc(O)cc1. The summed E-state index contributed by atoms with van der Waals surface area (Å²) in [7, 11) is 0. The van der Waals surface area contributed by atoms with E-state index in [-0.39, 0.29) is 23.6 Å². The van der Waals surface area contributed by atoms with E-state index >= 15 is 0 Å². The van der Waals surface area contributed by atoms with Gasteiger partial charge in [0.15, 0.2) is 0 Å². The van der Waals surface area contributed by atoms with E-state index in [1.54, 1.807) is 12.1 Å². The third-order valence-corrected chi connectivity index (χ3v) is 7.40. The van der Waals surface area contributed by atoms with Crippen LogP contribution in [0.5, 0.6) is 11.5 Å². The fourth-order valence-corrected chi connectivity index (χ4v) is 5.45. The lowest BCUT2D eigenvalue weighted by molar-refractivity contribution is -0.134. The number of nitrogens with zero attached hydrogens (tertiary/aromatic N) is 1. The summed E-state index contributed by atoms with van der Waals surface area (Å²) in [6, 6.07) is 12.8. The summed E-state index contributed by atoms with van der Waals surface area (Å²) < 4.78 is 6.40. The van der Waals surface area contributed by atoms with Crippen LogP contribution < -0.4 is 20.7 Å². The van der Waals surface area contributed by atoms with E-state index in [1.165, 1.54) is 0 Å². The molecule has 192 valence electrons. The predicted molar refractivity (Wildman–Crippen MR) is 137 cm³/mol. The van der Waals surface area contributed by atoms with Crippen LogP contribution >= 0.6 is 0 Å². The highest BCUT2D eigenvalue weighted by molar-refractivity contribution is 5.87. The molecule has 0 saturated carbocycles. The van der Waals surface area contributed by atoms with Gasteiger partial charge in [-0.3, -0.25) is 9.59 Å². The number of phenolic OH excluding ortho intramolecular Hbond substituents is 1. The first-order valence-corrected chi connectivity index (χ1v) is 13.2. The number of carbonyl (C=O) groups is 2. The maximum Gasteiger partial charge on any atom is 0.234 e. The summed E-state index contributed by atoms with van der Waals surface area (Å²) >= 11 is 0. The second kappa shape index (κ2) is 11.3. The van der Waals surface area contributed by atoms with Gasteiger partial charge in [0, 0.05) is 37.7 Å². The number of amides is 2. The standard InChI is InChI=1S/C28H36N4O4/c33-21-8-5-19(6-9-21)27-26-22-17-20(7-10-24(22)36-27)23-18-25(34)31-14-4-16-32(28(26)35)15-2-1-11-29-12-3-13-30-23/h5-10,17,23,26-27,29-30,33H,1-4,11-16,18H2,(H,31,34)/t23-,26+,27-/m0/s1. The molecule has 8 nitrogen and oxygen atoms in total. The van der Waals surface area contributed by atoms with Crippen LogP contribution in [0, 0.1) is 0 Å². The Morgan fingerprint density at radius 3 is 2.50 bits per heavy atom. The molecule has 3 heterocycles. The van der Waals surface area contributed by atoms with Crippen LogP contribution in [0.4, 0.5) is 0 Å². The number of benzene rings is 2. The summed E-state index contributed by atoms with van der Waals surface area (Å²) in [4.78, 5) is 28.9. The van der Waals surface area contributed by atoms with Gasteiger partial charge in [0.05, 0.1) is 0 Å². The molecule has 2 aromatic carbocycles. The molecule has 2 aromatic rings. The highest BCUT2D eigenvalue weighted by Gasteiger charge is 2.43. The number of hydrogen-bond acceptors (Lipinski definition) is 6. The Balaban J connectivity index is 1.58. The molecule has 0 fully saturated rings. The first-order valence-electron chi connectivity index (χ1n) is 13.2. The second-order valence-corrected chi connectivity index (χ2v) is 9.96. The molecule has 3 atom stereocenters. The fraction of sp³-hybridized carbons (Fsp3) is 0.500. The maximum atomic E-state index is 14.2. The number of aromatic hydroxyl groups is 1. The average molecular weight is 493 g/mol. The topological polar surface area (TPSA) is 103 Å². The summed E-state index contributed by atoms with van der Waals surface area (Å²) in [5, 5.41) is 19.9. The fourth-order valence-electron chi connectivity index (χ4n) is 5.45. The van der Waals surface area contributed by atoms with Gasteiger partial charge in [0.1, 0.15) is 23.5 Å². The molecule has 2 amide bonds. The van der Waals surface area contributed by atoms with Crippen molar-refractivity contribution in [3.63, 3.8) is 0 Å². The molecule has 3 aliphatic rings. The van der Waals surface area contributed by atoms with Crippen LogP contribution in [0.1, 0.15) is 66.9 Å². The summed E-state index contributed by atoms with van der Waals surface area (Å²) in [6.07, 6.45) is 3.47. The third-order valence-electron chi connectivity index (χ3n) is 7.40. The normalized spacial score (nSPS) is 25.8. The van der Waals surface area contributed by atoms with E-state index in [9.17, 15) is 14.7 Å². The zero-order valence-electron chi connectivity index (χ0n) is 20.7. The molecule has 4 N–H and O–H groups in total. The van der Waals surface area contributed by atoms with Crippen molar-refractivity contribution in [3.8, 4) is 11.5 Å². The number of carbonyl (C=O) groups excluding carboxylic acids is 2. The minimum absolute atomic E-state index is 0.0160. The van der Waals surface area contributed by atoms with Crippen molar-refractivity contribution < 1.29 is 19.4 Å². The zero-order chi connectivity index (χ0) is 24.9. The second-order valence-electron chi connectivity index (χ2n) is 9.96. The zero-order valence-corrected chi connectivity index (χ0v) is 20.7. The van der Waals surface area contributed by atoms with Crippen molar-refractivity contribution in [2.24, 2.45) is 0 Å². The lowest BCUT2D eigenvalue weighted by atomic mass is 9.87. The number of rotatable bonds is 1. The Labute approximate surface area is 212 Å². The third kappa shape index (κ3) is 5.50. The van der Waals surface area contributed by atoms with Crippen LogP contribution in [0.3, 0.4) is 0 Å². The number of phenols is 1. The van der Waals surface area contributed by atoms with Crippen LogP contribution in [-0.2, 0) is 9.59 Å². The Kier molecular flexibility index (Phi) is 7.72. The highest BCUT2D eigenvalue weighted by atomic mass is 16.5. The Morgan fingerprint density at radius 2 is 1.64 bits per heavy atom. The molecule has 0 unspecified atom stereocenters. The summed E-state index contributed by atoms with van der Waals surface area (Å²) in [5.74, 6) is 0.473. The van der Waals surface area contributed by atoms with E-state index in [1.807, 2.05) is 29.2 Å². The van der Waals surface area contributed by atoms with Gasteiger partial charge in [-0.2, -0.15) is 0 Å². The largest absolute Gasteiger partial charge is 0.508 e. The number of hydrogen-bond donors (Lipinski definition) is 4. The summed E-state index contributed by atoms with van der Waals surface area (Å²) in [6.45, 7) is 4.45. The minimum Gasteiger partial charge on any atom is -0.508 e. The molecule has 0 radical (unpaired) electrons. The Bertz CT molecular complexity index is 1070. The molecular formula is C28H36N4O4. The van der Waals surface area contributed by atoms with E-state index < -0.39 is 12.0 Å². The van der Waals surface area contributed by atoms with Crippen molar-refractivity contribution >= 4 is 11.8 Å². The number of fused-ring (bicyclic) bond motifs is 1. The maximum absolute atomic E-state index is 14.2. The van der Waals surface area contributed by atoms with E-state index in [2.05, 4.69) is 22.0 Å². The van der Waals surface area contributed by atoms with Gasteiger partial charge in [-0.1, -0.05) is 18.2 Å². The first-order chi connectivity index (χ1) is 17.6. The molecular weight excluding hydrogens is 456 g/mol. The Hall–Kier alpha value is -3.10. The van der Waals surface area contributed by atoms with E-state index in [4.69, 9.17) is 4.74 Å². The van der Waals surface area contributed by atoms with Crippen LogP contribution in [0.2, 0.25) is 0 Å². The molecule has 3 aliphatic heterocycles. The van der Waals surface area contributed by atoms with Gasteiger partial charge in [-0.15, -0.1) is 0 Å². The quantitative estimate of drug-likeness (QED) is 0.488. The van der Waals surface area contributed by atoms with Crippen molar-refractivity contribution in [3.05, 3.63) is 59.2 Å². The lowest BCUT2D eigenvalue weighted by Crippen LogP contribution is -2.39. The van der Waals surface area contributed by atoms with Gasteiger partial charge in [-0.25, -0.2) is 0 Å². The van der Waals surface area contributed by atoms with Crippen molar-refractivity contribution in [2.75, 3.05) is 39.3 Å². The first kappa shape index (κ1) is 24.6. The van der Waals surface area contributed by atoms with Crippen LogP contribution in [-0.4, -0.2) is 61.1 Å². The van der Waals surface area contributed by atoms with Crippen LogP contribution in [0.25, 0.3) is 0 Å². The Morgan fingerprint density at radius 1 is 0.861 bits per heavy atom. The molecule has 8 heteroatoms. The van der Waals surface area contributed by atoms with Gasteiger partial charge in [0.25, 0.3) is 0 Å². The van der Waals surface area contributed by atoms with Crippen molar-refractivity contribution in [1.82, 2.24) is 20.9 Å². The van der Waals surface area contributed by atoms with Gasteiger partial charge < -0.3 is 30.7 Å². The van der Waals surface area contributed by atoms with Crippen LogP contribution in [0.15, 0.2) is 42.5 Å². The lowest BCUT2D eigenvalue weighted by Gasteiger charge is -2.28. The number of ether oxygens (including phenoxy) is 1.